The van der Waals surface area contributed by atoms with Crippen molar-refractivity contribution < 1.29 is 5.11 Å². The minimum atomic E-state index is 0.682. The summed E-state index contributed by atoms with van der Waals surface area (Å²) >= 11 is 4.90. The second-order valence-electron chi connectivity index (χ2n) is 2.12. The largest absolute Gasteiger partial charge is 0.400 e. The van der Waals surface area contributed by atoms with E-state index in [9.17, 15) is 0 Å². The molecule has 0 aliphatic carbocycles. The molecule has 0 atom stereocenters. The Labute approximate surface area is 75.1 Å². The fourth-order valence-corrected chi connectivity index (χ4v) is 1.20. The minimum absolute atomic E-state index is 0.682. The molecule has 0 radical (unpaired) electrons. The topological polar surface area (TPSA) is 51.8 Å². The van der Waals surface area contributed by atoms with Crippen molar-refractivity contribution in [2.24, 2.45) is 0 Å². The van der Waals surface area contributed by atoms with Crippen molar-refractivity contribution in [1.82, 2.24) is 9.97 Å². The average Bonchev–Trinajstić information content (AvgIpc) is 2.48. The van der Waals surface area contributed by atoms with Gasteiger partial charge in [0, 0.05) is 7.11 Å². The molecule has 64 valence electrons. The minimum Gasteiger partial charge on any atom is -0.400 e. The maximum absolute atomic E-state index is 7.00. The Morgan fingerprint density at radius 1 is 1.08 bits per heavy atom. The van der Waals surface area contributed by atoms with Gasteiger partial charge < -0.3 is 15.1 Å². The van der Waals surface area contributed by atoms with Crippen LogP contribution < -0.4 is 0 Å². The first-order valence-corrected chi connectivity index (χ1v) is 3.89. The van der Waals surface area contributed by atoms with Crippen molar-refractivity contribution in [2.75, 3.05) is 7.11 Å². The molecule has 3 nitrogen and oxygen atoms in total. The number of hydrogen-bond donors (Lipinski definition) is 3. The summed E-state index contributed by atoms with van der Waals surface area (Å²) in [6, 6.07) is 7.92. The molecular formula is C8H10N2OS. The van der Waals surface area contributed by atoms with Gasteiger partial charge in [0.25, 0.3) is 0 Å². The molecule has 12 heavy (non-hydrogen) atoms. The molecule has 0 unspecified atom stereocenters. The summed E-state index contributed by atoms with van der Waals surface area (Å²) in [4.78, 5) is 6.04. The molecule has 0 bridgehead atoms. The van der Waals surface area contributed by atoms with Crippen molar-refractivity contribution in [3.63, 3.8) is 0 Å². The molecule has 2 rings (SSSR count). The first kappa shape index (κ1) is 8.96. The van der Waals surface area contributed by atoms with Crippen LogP contribution in [0.15, 0.2) is 24.3 Å². The number of rotatable bonds is 0. The number of hydrogen-bond acceptors (Lipinski definition) is 2. The Bertz CT molecular complexity index is 368. The normalized spacial score (nSPS) is 9.17. The number of aromatic amines is 2. The highest BCUT2D eigenvalue weighted by molar-refractivity contribution is 7.71. The zero-order valence-corrected chi connectivity index (χ0v) is 7.48. The van der Waals surface area contributed by atoms with Crippen LogP contribution in [0.3, 0.4) is 0 Å². The molecule has 3 N–H and O–H groups in total. The number of fused-ring (bicyclic) bond motifs is 1. The van der Waals surface area contributed by atoms with Crippen LogP contribution in [0.2, 0.25) is 0 Å². The van der Waals surface area contributed by atoms with Gasteiger partial charge in [0.1, 0.15) is 0 Å². The van der Waals surface area contributed by atoms with Crippen molar-refractivity contribution in [2.45, 2.75) is 0 Å². The van der Waals surface area contributed by atoms with E-state index in [4.69, 9.17) is 17.3 Å². The van der Waals surface area contributed by atoms with Crippen LogP contribution in [-0.4, -0.2) is 22.2 Å². The van der Waals surface area contributed by atoms with E-state index in [-0.39, 0.29) is 0 Å². The average molecular weight is 182 g/mol. The van der Waals surface area contributed by atoms with E-state index in [0.717, 1.165) is 18.1 Å². The molecule has 0 aliphatic rings. The van der Waals surface area contributed by atoms with Gasteiger partial charge in [0.05, 0.1) is 11.0 Å². The lowest BCUT2D eigenvalue weighted by atomic mass is 10.3. The Morgan fingerprint density at radius 3 is 1.92 bits per heavy atom. The van der Waals surface area contributed by atoms with Crippen LogP contribution in [0, 0.1) is 4.77 Å². The number of imidazole rings is 1. The van der Waals surface area contributed by atoms with E-state index in [0.29, 0.717) is 4.77 Å². The van der Waals surface area contributed by atoms with Crippen molar-refractivity contribution in [3.8, 4) is 0 Å². The molecule has 0 fully saturated rings. The number of para-hydroxylation sites is 2. The molecule has 1 aromatic heterocycles. The SMILES string of the molecule is CO.S=c1[nH]c2ccccc2[nH]1. The van der Waals surface area contributed by atoms with E-state index >= 15 is 0 Å². The number of H-pyrrole nitrogens is 2. The lowest BCUT2D eigenvalue weighted by Gasteiger charge is -1.82. The Morgan fingerprint density at radius 2 is 1.50 bits per heavy atom. The third-order valence-electron chi connectivity index (χ3n) is 1.42. The highest BCUT2D eigenvalue weighted by atomic mass is 32.1. The molecule has 0 spiro atoms. The summed E-state index contributed by atoms with van der Waals surface area (Å²) in [5.74, 6) is 0. The fourth-order valence-electron chi connectivity index (χ4n) is 0.977. The Hall–Kier alpha value is -1.13. The summed E-state index contributed by atoms with van der Waals surface area (Å²) in [6.45, 7) is 0. The van der Waals surface area contributed by atoms with Gasteiger partial charge in [0.15, 0.2) is 4.77 Å². The second kappa shape index (κ2) is 4.04. The summed E-state index contributed by atoms with van der Waals surface area (Å²) in [5.41, 5.74) is 2.13. The van der Waals surface area contributed by atoms with Gasteiger partial charge in [-0.25, -0.2) is 0 Å². The number of benzene rings is 1. The summed E-state index contributed by atoms with van der Waals surface area (Å²) < 4.78 is 0.682. The quantitative estimate of drug-likeness (QED) is 0.544. The van der Waals surface area contributed by atoms with E-state index in [1.165, 1.54) is 0 Å². The van der Waals surface area contributed by atoms with E-state index in [2.05, 4.69) is 9.97 Å². The Kier molecular flexibility index (Phi) is 3.01. The fraction of sp³-hybridized carbons (Fsp3) is 0.125. The van der Waals surface area contributed by atoms with Gasteiger partial charge in [-0.3, -0.25) is 0 Å². The number of aliphatic hydroxyl groups is 1. The lowest BCUT2D eigenvalue weighted by molar-refractivity contribution is 0.399. The summed E-state index contributed by atoms with van der Waals surface area (Å²) in [7, 11) is 1.00. The smallest absolute Gasteiger partial charge is 0.175 e. The molecule has 1 heterocycles. The standard InChI is InChI=1S/C7H6N2S.CH4O/c10-7-8-5-3-1-2-4-6(5)9-7;1-2/h1-4H,(H2,8,9,10);2H,1H3. The first-order valence-electron chi connectivity index (χ1n) is 3.48. The molecule has 0 aliphatic heterocycles. The van der Waals surface area contributed by atoms with Crippen molar-refractivity contribution >= 4 is 23.3 Å². The van der Waals surface area contributed by atoms with Crippen molar-refractivity contribution in [1.29, 1.82) is 0 Å². The van der Waals surface area contributed by atoms with Gasteiger partial charge in [-0.05, 0) is 24.4 Å². The number of aromatic nitrogens is 2. The van der Waals surface area contributed by atoms with Crippen LogP contribution in [0.5, 0.6) is 0 Å². The third kappa shape index (κ3) is 1.72. The highest BCUT2D eigenvalue weighted by Crippen LogP contribution is 2.06. The van der Waals surface area contributed by atoms with Crippen LogP contribution in [0.25, 0.3) is 11.0 Å². The van der Waals surface area contributed by atoms with Crippen LogP contribution in [-0.2, 0) is 0 Å². The number of nitrogens with one attached hydrogen (secondary N) is 2. The van der Waals surface area contributed by atoms with E-state index in [1.54, 1.807) is 0 Å². The van der Waals surface area contributed by atoms with Crippen LogP contribution in [0.1, 0.15) is 0 Å². The zero-order chi connectivity index (χ0) is 8.97. The molecular weight excluding hydrogens is 172 g/mol. The molecule has 0 saturated heterocycles. The maximum atomic E-state index is 7.00. The van der Waals surface area contributed by atoms with Gasteiger partial charge in [-0.15, -0.1) is 0 Å². The zero-order valence-electron chi connectivity index (χ0n) is 6.66. The number of aliphatic hydroxyl groups excluding tert-OH is 1. The highest BCUT2D eigenvalue weighted by Gasteiger charge is 1.90. The summed E-state index contributed by atoms with van der Waals surface area (Å²) in [5, 5.41) is 7.00. The maximum Gasteiger partial charge on any atom is 0.175 e. The van der Waals surface area contributed by atoms with Crippen molar-refractivity contribution in [3.05, 3.63) is 29.0 Å². The summed E-state index contributed by atoms with van der Waals surface area (Å²) in [6.07, 6.45) is 0. The van der Waals surface area contributed by atoms with E-state index in [1.807, 2.05) is 24.3 Å². The first-order chi connectivity index (χ1) is 5.86. The molecule has 1 aromatic carbocycles. The van der Waals surface area contributed by atoms with Gasteiger partial charge >= 0.3 is 0 Å². The predicted molar refractivity (Wildman–Crippen MR) is 51.6 cm³/mol. The van der Waals surface area contributed by atoms with Gasteiger partial charge in [0.2, 0.25) is 0 Å². The molecule has 2 aromatic rings. The van der Waals surface area contributed by atoms with Gasteiger partial charge in [-0.1, -0.05) is 12.1 Å². The lowest BCUT2D eigenvalue weighted by Crippen LogP contribution is -1.63. The third-order valence-corrected chi connectivity index (χ3v) is 1.63. The van der Waals surface area contributed by atoms with E-state index < -0.39 is 0 Å². The van der Waals surface area contributed by atoms with Gasteiger partial charge in [-0.2, -0.15) is 0 Å². The van der Waals surface area contributed by atoms with Crippen LogP contribution >= 0.6 is 12.2 Å². The second-order valence-corrected chi connectivity index (χ2v) is 2.53. The Balaban J connectivity index is 0.000000336. The molecule has 0 amide bonds. The van der Waals surface area contributed by atoms with Crippen LogP contribution in [0.4, 0.5) is 0 Å². The predicted octanol–water partition coefficient (Wildman–Crippen LogP) is 1.83. The molecule has 4 heteroatoms. The molecule has 0 saturated carbocycles. The monoisotopic (exact) mass is 182 g/mol.